The van der Waals surface area contributed by atoms with Crippen LogP contribution < -0.4 is 20.3 Å². The van der Waals surface area contributed by atoms with Crippen molar-refractivity contribution >= 4 is 17.8 Å². The molecule has 1 aromatic heterocycles. The number of anilines is 1. The van der Waals surface area contributed by atoms with Gasteiger partial charge in [-0.05, 0) is 30.7 Å². The molecule has 0 saturated carbocycles. The number of likely N-dealkylation sites (tertiary alicyclic amines) is 1. The Hall–Kier alpha value is -2.81. The van der Waals surface area contributed by atoms with Crippen LogP contribution in [0.15, 0.2) is 36.8 Å². The minimum atomic E-state index is -2.99. The van der Waals surface area contributed by atoms with Gasteiger partial charge in [0.05, 0.1) is 29.3 Å². The van der Waals surface area contributed by atoms with Crippen LogP contribution in [-0.2, 0) is 7.05 Å². The lowest BCUT2D eigenvalue weighted by atomic mass is 9.91. The Morgan fingerprint density at radius 3 is 2.65 bits per heavy atom. The summed E-state index contributed by atoms with van der Waals surface area (Å²) in [4.78, 5) is 7.59. The molecule has 1 aliphatic rings. The van der Waals surface area contributed by atoms with Crippen molar-refractivity contribution in [3.8, 4) is 5.75 Å². The predicted octanol–water partition coefficient (Wildman–Crippen LogP) is 2.92. The van der Waals surface area contributed by atoms with E-state index in [0.29, 0.717) is 24.5 Å². The van der Waals surface area contributed by atoms with Gasteiger partial charge in [-0.3, -0.25) is 4.90 Å². The molecule has 1 aromatic carbocycles. The van der Waals surface area contributed by atoms with Crippen LogP contribution in [0.1, 0.15) is 18.4 Å². The van der Waals surface area contributed by atoms with E-state index < -0.39 is 13.0 Å². The number of aryl methyl sites for hydroxylation is 1. The minimum absolute atomic E-state index is 0.00462. The van der Waals surface area contributed by atoms with E-state index in [2.05, 4.69) is 11.6 Å². The number of hydrogen-bond donors (Lipinski definition) is 0. The van der Waals surface area contributed by atoms with E-state index in [0.717, 1.165) is 16.3 Å². The van der Waals surface area contributed by atoms with Crippen molar-refractivity contribution in [3.63, 3.8) is 0 Å². The zero-order valence-electron chi connectivity index (χ0n) is 17.7. The van der Waals surface area contributed by atoms with Crippen molar-refractivity contribution in [1.82, 2.24) is 14.5 Å². The standard InChI is InChI=1S/C22H26F4N4O/c1-5-17-19(28(3)13-27-17)8-14(2)29(4)18-7-6-15(9-20(18)31-22(25)26)16-10-30(11-16)12-21(23)24/h5-9,13,16,21-22H,2,10-12H2,1,3-4H3/b17-5+,19-8+. The second-order valence-electron chi connectivity index (χ2n) is 7.52. The first-order valence-corrected chi connectivity index (χ1v) is 9.87. The highest BCUT2D eigenvalue weighted by atomic mass is 19.3. The molecular formula is C22H26F4N4O. The van der Waals surface area contributed by atoms with Gasteiger partial charge in [0.2, 0.25) is 0 Å². The maximum absolute atomic E-state index is 13.1. The van der Waals surface area contributed by atoms with E-state index in [9.17, 15) is 17.6 Å². The van der Waals surface area contributed by atoms with Gasteiger partial charge in [0.15, 0.2) is 0 Å². The Morgan fingerprint density at radius 2 is 2.03 bits per heavy atom. The molecule has 2 heterocycles. The number of imidazole rings is 1. The number of halogens is 4. The van der Waals surface area contributed by atoms with Crippen LogP contribution in [0.2, 0.25) is 0 Å². The second-order valence-corrected chi connectivity index (χ2v) is 7.52. The third-order valence-corrected chi connectivity index (χ3v) is 5.41. The summed E-state index contributed by atoms with van der Waals surface area (Å²) in [5.74, 6) is 0.0223. The molecule has 9 heteroatoms. The van der Waals surface area contributed by atoms with Gasteiger partial charge in [0.25, 0.3) is 6.43 Å². The van der Waals surface area contributed by atoms with Crippen LogP contribution in [0.3, 0.4) is 0 Å². The van der Waals surface area contributed by atoms with Gasteiger partial charge in [0.1, 0.15) is 5.75 Å². The first-order valence-electron chi connectivity index (χ1n) is 9.87. The summed E-state index contributed by atoms with van der Waals surface area (Å²) >= 11 is 0. The molecule has 0 aliphatic carbocycles. The summed E-state index contributed by atoms with van der Waals surface area (Å²) < 4.78 is 57.8. The van der Waals surface area contributed by atoms with Crippen molar-refractivity contribution in [2.45, 2.75) is 25.9 Å². The molecule has 0 spiro atoms. The molecule has 0 unspecified atom stereocenters. The van der Waals surface area contributed by atoms with Crippen molar-refractivity contribution in [2.75, 3.05) is 31.6 Å². The first-order chi connectivity index (χ1) is 14.7. The number of benzene rings is 1. The first kappa shape index (κ1) is 22.9. The molecule has 1 aliphatic heterocycles. The van der Waals surface area contributed by atoms with Crippen molar-refractivity contribution in [2.24, 2.45) is 7.05 Å². The van der Waals surface area contributed by atoms with Crippen molar-refractivity contribution in [3.05, 3.63) is 53.1 Å². The SMILES string of the molecule is C=C(/C=c1\c(=C/C)ncn1C)N(C)c1ccc(C2CN(CC(F)F)C2)cc1OC(F)F. The largest absolute Gasteiger partial charge is 0.433 e. The third kappa shape index (κ3) is 5.28. The molecular weight excluding hydrogens is 412 g/mol. The summed E-state index contributed by atoms with van der Waals surface area (Å²) in [6, 6.07) is 5.07. The van der Waals surface area contributed by atoms with Crippen LogP contribution in [0, 0.1) is 0 Å². The number of ether oxygens (including phenoxy) is 1. The van der Waals surface area contributed by atoms with Crippen LogP contribution in [0.25, 0.3) is 12.2 Å². The summed E-state index contributed by atoms with van der Waals surface area (Å²) in [7, 11) is 3.57. The van der Waals surface area contributed by atoms with Gasteiger partial charge in [-0.25, -0.2) is 13.8 Å². The highest BCUT2D eigenvalue weighted by molar-refractivity contribution is 5.67. The van der Waals surface area contributed by atoms with E-state index >= 15 is 0 Å². The molecule has 1 fully saturated rings. The number of rotatable bonds is 8. The van der Waals surface area contributed by atoms with Gasteiger partial charge in [-0.2, -0.15) is 8.78 Å². The maximum Gasteiger partial charge on any atom is 0.387 e. The number of allylic oxidation sites excluding steroid dienone is 1. The fourth-order valence-corrected chi connectivity index (χ4v) is 3.64. The average Bonchev–Trinajstić information content (AvgIpc) is 3.02. The monoisotopic (exact) mass is 438 g/mol. The Kier molecular flexibility index (Phi) is 7.04. The van der Waals surface area contributed by atoms with E-state index in [1.807, 2.05) is 36.8 Å². The minimum Gasteiger partial charge on any atom is -0.433 e. The molecule has 0 atom stereocenters. The molecule has 168 valence electrons. The Balaban J connectivity index is 1.86. The molecule has 5 nitrogen and oxygen atoms in total. The second kappa shape index (κ2) is 9.55. The van der Waals surface area contributed by atoms with Gasteiger partial charge < -0.3 is 14.2 Å². The molecule has 0 N–H and O–H groups in total. The van der Waals surface area contributed by atoms with Gasteiger partial charge >= 0.3 is 6.61 Å². The van der Waals surface area contributed by atoms with Gasteiger partial charge in [0, 0.05) is 38.8 Å². The fraction of sp³-hybridized carbons (Fsp3) is 0.409. The number of aromatic nitrogens is 2. The van der Waals surface area contributed by atoms with E-state index in [4.69, 9.17) is 4.74 Å². The van der Waals surface area contributed by atoms with E-state index in [-0.39, 0.29) is 18.2 Å². The smallest absolute Gasteiger partial charge is 0.387 e. The summed E-state index contributed by atoms with van der Waals surface area (Å²) in [6.07, 6.45) is 2.98. The number of hydrogen-bond acceptors (Lipinski definition) is 4. The molecule has 0 amide bonds. The Bertz CT molecular complexity index is 1040. The van der Waals surface area contributed by atoms with Crippen LogP contribution >= 0.6 is 0 Å². The van der Waals surface area contributed by atoms with E-state index in [1.165, 1.54) is 0 Å². The zero-order valence-corrected chi connectivity index (χ0v) is 17.7. The molecule has 2 aromatic rings. The van der Waals surface area contributed by atoms with Crippen LogP contribution in [0.5, 0.6) is 5.75 Å². The quantitative estimate of drug-likeness (QED) is 0.594. The lowest BCUT2D eigenvalue weighted by molar-refractivity contribution is -0.0495. The predicted molar refractivity (Wildman–Crippen MR) is 113 cm³/mol. The topological polar surface area (TPSA) is 33.5 Å². The fourth-order valence-electron chi connectivity index (χ4n) is 3.64. The molecule has 0 radical (unpaired) electrons. The summed E-state index contributed by atoms with van der Waals surface area (Å²) in [5, 5.41) is 1.62. The lowest BCUT2D eigenvalue weighted by Gasteiger charge is -2.39. The molecule has 3 rings (SSSR count). The number of alkyl halides is 4. The van der Waals surface area contributed by atoms with Crippen LogP contribution in [-0.4, -0.2) is 54.2 Å². The molecule has 1 saturated heterocycles. The Morgan fingerprint density at radius 1 is 1.32 bits per heavy atom. The summed E-state index contributed by atoms with van der Waals surface area (Å²) in [6.45, 7) is 3.59. The van der Waals surface area contributed by atoms with Gasteiger partial charge in [-0.1, -0.05) is 18.7 Å². The van der Waals surface area contributed by atoms with Gasteiger partial charge in [-0.15, -0.1) is 0 Å². The van der Waals surface area contributed by atoms with Crippen molar-refractivity contribution in [1.29, 1.82) is 0 Å². The molecule has 31 heavy (non-hydrogen) atoms. The summed E-state index contributed by atoms with van der Waals surface area (Å²) in [5.41, 5.74) is 1.77. The molecule has 0 bridgehead atoms. The lowest BCUT2D eigenvalue weighted by Crippen LogP contribution is -2.47. The zero-order chi connectivity index (χ0) is 22.7. The average molecular weight is 438 g/mol. The highest BCUT2D eigenvalue weighted by Crippen LogP contribution is 2.36. The maximum atomic E-state index is 13.1. The van der Waals surface area contributed by atoms with Crippen LogP contribution in [0.4, 0.5) is 23.2 Å². The van der Waals surface area contributed by atoms with Crippen molar-refractivity contribution < 1.29 is 22.3 Å². The number of nitrogens with zero attached hydrogens (tertiary/aromatic N) is 4. The Labute approximate surface area is 178 Å². The van der Waals surface area contributed by atoms with E-state index in [1.54, 1.807) is 35.3 Å². The third-order valence-electron chi connectivity index (χ3n) is 5.41. The normalized spacial score (nSPS) is 16.3. The highest BCUT2D eigenvalue weighted by Gasteiger charge is 2.30.